The molecule has 0 fully saturated rings. The predicted molar refractivity (Wildman–Crippen MR) is 147 cm³/mol. The molecule has 4 rings (SSSR count). The van der Waals surface area contributed by atoms with E-state index in [0.29, 0.717) is 31.0 Å². The zero-order chi connectivity index (χ0) is 25.5. The van der Waals surface area contributed by atoms with Crippen LogP contribution in [0.25, 0.3) is 0 Å². The molecular formula is C31H34N2O2S. The summed E-state index contributed by atoms with van der Waals surface area (Å²) < 4.78 is 6.05. The van der Waals surface area contributed by atoms with Gasteiger partial charge in [-0.2, -0.15) is 0 Å². The molecule has 186 valence electrons. The highest BCUT2D eigenvalue weighted by Gasteiger charge is 2.20. The van der Waals surface area contributed by atoms with Crippen LogP contribution in [0.15, 0.2) is 94.4 Å². The highest BCUT2D eigenvalue weighted by atomic mass is 32.2. The lowest BCUT2D eigenvalue weighted by Gasteiger charge is -2.22. The van der Waals surface area contributed by atoms with Crippen LogP contribution in [-0.2, 0) is 24.1 Å². The second-order valence-corrected chi connectivity index (χ2v) is 11.1. The zero-order valence-corrected chi connectivity index (χ0v) is 22.3. The molecule has 0 radical (unpaired) electrons. The van der Waals surface area contributed by atoms with Crippen LogP contribution in [0.5, 0.6) is 0 Å². The van der Waals surface area contributed by atoms with Crippen molar-refractivity contribution in [2.24, 2.45) is 0 Å². The third kappa shape index (κ3) is 6.88. The van der Waals surface area contributed by atoms with Crippen LogP contribution in [0.1, 0.15) is 59.5 Å². The summed E-state index contributed by atoms with van der Waals surface area (Å²) in [6, 6.07) is 26.3. The number of thioether (sulfide) groups is 1. The molecule has 36 heavy (non-hydrogen) atoms. The number of benzene rings is 2. The summed E-state index contributed by atoms with van der Waals surface area (Å²) in [5.74, 6) is 1.75. The molecule has 0 aliphatic carbocycles. The van der Waals surface area contributed by atoms with Gasteiger partial charge in [0.15, 0.2) is 5.76 Å². The van der Waals surface area contributed by atoms with Gasteiger partial charge in [-0.25, -0.2) is 0 Å². The van der Waals surface area contributed by atoms with E-state index in [9.17, 15) is 4.79 Å². The topological polar surface area (TPSA) is 46.3 Å². The maximum absolute atomic E-state index is 13.5. The van der Waals surface area contributed by atoms with Gasteiger partial charge in [-0.05, 0) is 59.4 Å². The van der Waals surface area contributed by atoms with Crippen molar-refractivity contribution in [1.29, 1.82) is 0 Å². The minimum absolute atomic E-state index is 0.100. The predicted octanol–water partition coefficient (Wildman–Crippen LogP) is 7.46. The summed E-state index contributed by atoms with van der Waals surface area (Å²) in [6.45, 7) is 9.90. The summed E-state index contributed by atoms with van der Waals surface area (Å²) in [4.78, 5) is 21.0. The molecule has 0 saturated heterocycles. The summed E-state index contributed by atoms with van der Waals surface area (Å²) >= 11 is 1.75. The molecule has 4 nitrogen and oxygen atoms in total. The van der Waals surface area contributed by atoms with Crippen molar-refractivity contribution >= 4 is 17.7 Å². The Bertz CT molecular complexity index is 1280. The van der Waals surface area contributed by atoms with E-state index in [1.807, 2.05) is 59.5 Å². The fourth-order valence-electron chi connectivity index (χ4n) is 3.95. The first-order valence-corrected chi connectivity index (χ1v) is 13.3. The number of rotatable bonds is 9. The Hall–Kier alpha value is -3.31. The first kappa shape index (κ1) is 25.8. The van der Waals surface area contributed by atoms with Gasteiger partial charge in [-0.1, -0.05) is 69.3 Å². The van der Waals surface area contributed by atoms with Gasteiger partial charge in [-0.15, -0.1) is 11.8 Å². The smallest absolute Gasteiger partial charge is 0.289 e. The zero-order valence-electron chi connectivity index (χ0n) is 21.5. The Balaban J connectivity index is 1.46. The SMILES string of the molecule is Cc1ccc(C(C)(C)C)cc1SCc1ccc(C(=O)N(CCc2ccccn2)Cc2ccccc2)o1. The molecule has 5 heteroatoms. The molecule has 2 aromatic carbocycles. The van der Waals surface area contributed by atoms with Gasteiger partial charge < -0.3 is 9.32 Å². The van der Waals surface area contributed by atoms with Crippen molar-refractivity contribution in [3.8, 4) is 0 Å². The van der Waals surface area contributed by atoms with Crippen molar-refractivity contribution in [2.75, 3.05) is 6.54 Å². The number of aromatic nitrogens is 1. The number of amides is 1. The van der Waals surface area contributed by atoms with E-state index in [2.05, 4.69) is 50.9 Å². The van der Waals surface area contributed by atoms with Crippen molar-refractivity contribution in [3.63, 3.8) is 0 Å². The summed E-state index contributed by atoms with van der Waals surface area (Å²) in [5, 5.41) is 0. The Labute approximate surface area is 218 Å². The minimum Gasteiger partial charge on any atom is -0.455 e. The Morgan fingerprint density at radius 2 is 1.75 bits per heavy atom. The first-order chi connectivity index (χ1) is 17.3. The summed E-state index contributed by atoms with van der Waals surface area (Å²) in [7, 11) is 0. The van der Waals surface area contributed by atoms with E-state index in [4.69, 9.17) is 4.42 Å². The molecule has 0 bridgehead atoms. The third-order valence-corrected chi connectivity index (χ3v) is 7.34. The third-order valence-electron chi connectivity index (χ3n) is 6.16. The molecule has 0 atom stereocenters. The quantitative estimate of drug-likeness (QED) is 0.225. The molecule has 0 N–H and O–H groups in total. The van der Waals surface area contributed by atoms with Gasteiger partial charge in [0, 0.05) is 36.3 Å². The molecule has 0 unspecified atom stereocenters. The fraction of sp³-hybridized carbons (Fsp3) is 0.290. The van der Waals surface area contributed by atoms with Crippen molar-refractivity contribution in [2.45, 2.75) is 56.7 Å². The molecule has 0 aliphatic rings. The van der Waals surface area contributed by atoms with Gasteiger partial charge in [0.25, 0.3) is 5.91 Å². The maximum Gasteiger partial charge on any atom is 0.289 e. The van der Waals surface area contributed by atoms with E-state index in [-0.39, 0.29) is 11.3 Å². The van der Waals surface area contributed by atoms with Crippen LogP contribution < -0.4 is 0 Å². The van der Waals surface area contributed by atoms with E-state index < -0.39 is 0 Å². The average molecular weight is 499 g/mol. The van der Waals surface area contributed by atoms with Crippen LogP contribution in [0.2, 0.25) is 0 Å². The van der Waals surface area contributed by atoms with Gasteiger partial charge in [0.1, 0.15) is 5.76 Å². The minimum atomic E-state index is -0.100. The molecule has 0 aliphatic heterocycles. The Kier molecular flexibility index (Phi) is 8.32. The molecule has 2 heterocycles. The highest BCUT2D eigenvalue weighted by molar-refractivity contribution is 7.98. The van der Waals surface area contributed by atoms with Crippen LogP contribution in [0, 0.1) is 6.92 Å². The molecule has 4 aromatic rings. The number of hydrogen-bond donors (Lipinski definition) is 0. The highest BCUT2D eigenvalue weighted by Crippen LogP contribution is 2.32. The van der Waals surface area contributed by atoms with E-state index in [1.54, 1.807) is 24.0 Å². The number of hydrogen-bond acceptors (Lipinski definition) is 4. The second-order valence-electron chi connectivity index (χ2n) is 10.1. The van der Waals surface area contributed by atoms with Crippen LogP contribution in [0.4, 0.5) is 0 Å². The van der Waals surface area contributed by atoms with Crippen molar-refractivity contribution in [3.05, 3.63) is 119 Å². The number of carbonyl (C=O) groups is 1. The van der Waals surface area contributed by atoms with Gasteiger partial charge in [0.2, 0.25) is 0 Å². The van der Waals surface area contributed by atoms with E-state index >= 15 is 0 Å². The fourth-order valence-corrected chi connectivity index (χ4v) is 4.91. The van der Waals surface area contributed by atoms with Gasteiger partial charge >= 0.3 is 0 Å². The number of furan rings is 1. The molecule has 2 aromatic heterocycles. The monoisotopic (exact) mass is 498 g/mol. The van der Waals surface area contributed by atoms with Gasteiger partial charge in [0.05, 0.1) is 5.75 Å². The lowest BCUT2D eigenvalue weighted by molar-refractivity contribution is 0.0711. The summed E-state index contributed by atoms with van der Waals surface area (Å²) in [5.41, 5.74) is 4.72. The molecular weight excluding hydrogens is 464 g/mol. The normalized spacial score (nSPS) is 11.4. The standard InChI is InChI=1S/C31H34N2O2S/c1-23-13-14-25(31(2,3)4)20-29(23)36-22-27-15-16-28(35-27)30(34)33(21-24-10-6-5-7-11-24)19-17-26-12-8-9-18-32-26/h5-16,18,20H,17,19,21-22H2,1-4H3. The van der Waals surface area contributed by atoms with E-state index in [0.717, 1.165) is 17.0 Å². The first-order valence-electron chi connectivity index (χ1n) is 12.4. The largest absolute Gasteiger partial charge is 0.455 e. The maximum atomic E-state index is 13.5. The van der Waals surface area contributed by atoms with Crippen LogP contribution in [-0.4, -0.2) is 22.3 Å². The number of aryl methyl sites for hydroxylation is 1. The molecule has 1 amide bonds. The Morgan fingerprint density at radius 1 is 0.972 bits per heavy atom. The van der Waals surface area contributed by atoms with Crippen LogP contribution in [0.3, 0.4) is 0 Å². The lowest BCUT2D eigenvalue weighted by atomic mass is 9.87. The van der Waals surface area contributed by atoms with E-state index in [1.165, 1.54) is 16.0 Å². The Morgan fingerprint density at radius 3 is 2.47 bits per heavy atom. The van der Waals surface area contributed by atoms with Crippen molar-refractivity contribution < 1.29 is 9.21 Å². The van der Waals surface area contributed by atoms with Crippen molar-refractivity contribution in [1.82, 2.24) is 9.88 Å². The lowest BCUT2D eigenvalue weighted by Crippen LogP contribution is -2.32. The molecule has 0 spiro atoms. The second kappa shape index (κ2) is 11.6. The van der Waals surface area contributed by atoms with Crippen LogP contribution >= 0.6 is 11.8 Å². The molecule has 0 saturated carbocycles. The number of carbonyl (C=O) groups excluding carboxylic acids is 1. The number of pyridine rings is 1. The average Bonchev–Trinajstić information content (AvgIpc) is 3.35. The van der Waals surface area contributed by atoms with Gasteiger partial charge in [-0.3, -0.25) is 9.78 Å². The summed E-state index contributed by atoms with van der Waals surface area (Å²) in [6.07, 6.45) is 2.47. The number of nitrogens with zero attached hydrogens (tertiary/aromatic N) is 2.